The maximum atomic E-state index is 12.0. The van der Waals surface area contributed by atoms with Gasteiger partial charge >= 0.3 is 0 Å². The summed E-state index contributed by atoms with van der Waals surface area (Å²) in [5, 5.41) is 16.4. The first-order valence-corrected chi connectivity index (χ1v) is 10.3. The van der Waals surface area contributed by atoms with Crippen molar-refractivity contribution >= 4 is 23.5 Å². The summed E-state index contributed by atoms with van der Waals surface area (Å²) in [6.45, 7) is 4.84. The summed E-state index contributed by atoms with van der Waals surface area (Å²) in [5.41, 5.74) is 0.483. The van der Waals surface area contributed by atoms with Crippen molar-refractivity contribution in [2.45, 2.75) is 77.0 Å². The third-order valence-corrected chi connectivity index (χ3v) is 5.69. The molecule has 0 aromatic carbocycles. The minimum atomic E-state index is -0.207. The van der Waals surface area contributed by atoms with Gasteiger partial charge in [-0.05, 0) is 45.4 Å². The maximum absolute atomic E-state index is 12.0. The molecule has 3 N–H and O–H groups in total. The Morgan fingerprint density at radius 3 is 2.36 bits per heavy atom. The molecular formula is C20H31N5O3. The molecule has 3 rings (SSSR count). The molecular weight excluding hydrogens is 358 g/mol. The Morgan fingerprint density at radius 2 is 1.75 bits per heavy atom. The molecule has 0 atom stereocenters. The van der Waals surface area contributed by atoms with Crippen LogP contribution >= 0.6 is 0 Å². The molecule has 1 aromatic heterocycles. The van der Waals surface area contributed by atoms with E-state index in [9.17, 15) is 14.7 Å². The lowest BCUT2D eigenvalue weighted by Gasteiger charge is -2.33. The summed E-state index contributed by atoms with van der Waals surface area (Å²) in [4.78, 5) is 34.6. The van der Waals surface area contributed by atoms with Crippen LogP contribution in [0.3, 0.4) is 0 Å². The summed E-state index contributed by atoms with van der Waals surface area (Å²) >= 11 is 0. The Bertz CT molecular complexity index is 695. The summed E-state index contributed by atoms with van der Waals surface area (Å²) < 4.78 is 0. The molecule has 1 aliphatic heterocycles. The van der Waals surface area contributed by atoms with E-state index in [4.69, 9.17) is 0 Å². The molecule has 2 aliphatic rings. The molecule has 1 saturated carbocycles. The molecule has 0 unspecified atom stereocenters. The van der Waals surface area contributed by atoms with Crippen molar-refractivity contribution in [2.24, 2.45) is 0 Å². The lowest BCUT2D eigenvalue weighted by molar-refractivity contribution is -0.131. The van der Waals surface area contributed by atoms with Crippen LogP contribution in [0.4, 0.5) is 11.8 Å². The van der Waals surface area contributed by atoms with Gasteiger partial charge in [0.15, 0.2) is 5.78 Å². The molecule has 8 nitrogen and oxygen atoms in total. The van der Waals surface area contributed by atoms with Crippen molar-refractivity contribution in [3.05, 3.63) is 11.8 Å². The first kappa shape index (κ1) is 20.5. The summed E-state index contributed by atoms with van der Waals surface area (Å²) in [6, 6.07) is 0.411. The quantitative estimate of drug-likeness (QED) is 0.640. The van der Waals surface area contributed by atoms with E-state index in [0.29, 0.717) is 23.8 Å². The van der Waals surface area contributed by atoms with Crippen LogP contribution in [0, 0.1) is 0 Å². The number of hydrogen-bond donors (Lipinski definition) is 3. The van der Waals surface area contributed by atoms with E-state index in [1.54, 1.807) is 6.20 Å². The average molecular weight is 390 g/mol. The van der Waals surface area contributed by atoms with E-state index in [1.807, 2.05) is 11.8 Å². The van der Waals surface area contributed by atoms with Crippen LogP contribution in [0.15, 0.2) is 6.20 Å². The molecule has 1 amide bonds. The zero-order valence-electron chi connectivity index (χ0n) is 16.8. The number of piperidine rings is 1. The van der Waals surface area contributed by atoms with Crippen molar-refractivity contribution in [3.63, 3.8) is 0 Å². The smallest absolute Gasteiger partial charge is 0.224 e. The zero-order chi connectivity index (χ0) is 20.1. The summed E-state index contributed by atoms with van der Waals surface area (Å²) in [6.07, 6.45) is 6.89. The number of ketones is 1. The first-order chi connectivity index (χ1) is 13.5. The first-order valence-electron chi connectivity index (χ1n) is 10.3. The Labute approximate surface area is 166 Å². The molecule has 2 heterocycles. The molecule has 0 radical (unpaired) electrons. The highest BCUT2D eigenvalue weighted by Crippen LogP contribution is 2.24. The molecule has 1 saturated heterocycles. The van der Waals surface area contributed by atoms with Gasteiger partial charge in [0.05, 0.1) is 11.7 Å². The highest BCUT2D eigenvalue weighted by atomic mass is 16.3. The minimum Gasteiger partial charge on any atom is -0.393 e. The number of nitrogens with one attached hydrogen (secondary N) is 2. The third kappa shape index (κ3) is 5.19. The molecule has 2 fully saturated rings. The van der Waals surface area contributed by atoms with Crippen molar-refractivity contribution < 1.29 is 14.7 Å². The van der Waals surface area contributed by atoms with Crippen molar-refractivity contribution in [1.82, 2.24) is 14.9 Å². The van der Waals surface area contributed by atoms with Crippen molar-refractivity contribution in [1.29, 1.82) is 0 Å². The van der Waals surface area contributed by atoms with E-state index in [2.05, 4.69) is 20.6 Å². The number of aromatic nitrogens is 2. The van der Waals surface area contributed by atoms with Crippen LogP contribution in [0.2, 0.25) is 0 Å². The third-order valence-electron chi connectivity index (χ3n) is 5.69. The van der Waals surface area contributed by atoms with Gasteiger partial charge in [0, 0.05) is 37.8 Å². The van der Waals surface area contributed by atoms with Gasteiger partial charge in [-0.1, -0.05) is 6.92 Å². The van der Waals surface area contributed by atoms with E-state index in [1.165, 1.54) is 6.92 Å². The SMILES string of the molecule is CCC(=O)N1CCC(Nc2nc(NC3CCC(O)CC3)ncc2C(C)=O)CC1. The molecule has 8 heteroatoms. The Kier molecular flexibility index (Phi) is 6.83. The Hall–Kier alpha value is -2.22. The molecule has 28 heavy (non-hydrogen) atoms. The number of carbonyl (C=O) groups is 2. The van der Waals surface area contributed by atoms with Gasteiger partial charge in [-0.15, -0.1) is 0 Å². The van der Waals surface area contributed by atoms with Gasteiger partial charge in [-0.25, -0.2) is 4.98 Å². The standard InChI is InChI=1S/C20H31N5O3/c1-3-18(28)25-10-8-15(9-11-25)22-19-17(13(2)26)12-21-20(24-19)23-14-4-6-16(27)7-5-14/h12,14-16,27H,3-11H2,1-2H3,(H2,21,22,23,24). The molecule has 154 valence electrons. The lowest BCUT2D eigenvalue weighted by Crippen LogP contribution is -2.42. The van der Waals surface area contributed by atoms with Gasteiger partial charge in [-0.2, -0.15) is 4.98 Å². The van der Waals surface area contributed by atoms with Crippen molar-refractivity contribution in [3.8, 4) is 0 Å². The minimum absolute atomic E-state index is 0.0755. The average Bonchev–Trinajstić information content (AvgIpc) is 2.69. The van der Waals surface area contributed by atoms with Gasteiger partial charge in [-0.3, -0.25) is 9.59 Å². The molecule has 1 aromatic rings. The van der Waals surface area contributed by atoms with E-state index >= 15 is 0 Å². The number of amides is 1. The highest BCUT2D eigenvalue weighted by Gasteiger charge is 2.24. The van der Waals surface area contributed by atoms with Crippen molar-refractivity contribution in [2.75, 3.05) is 23.7 Å². The van der Waals surface area contributed by atoms with Crippen LogP contribution in [0.25, 0.3) is 0 Å². The summed E-state index contributed by atoms with van der Waals surface area (Å²) in [7, 11) is 0. The fourth-order valence-electron chi connectivity index (χ4n) is 3.91. The van der Waals surface area contributed by atoms with E-state index in [0.717, 1.165) is 51.6 Å². The highest BCUT2D eigenvalue weighted by molar-refractivity contribution is 5.98. The second-order valence-corrected chi connectivity index (χ2v) is 7.81. The van der Waals surface area contributed by atoms with Crippen LogP contribution in [-0.4, -0.2) is 62.9 Å². The monoisotopic (exact) mass is 389 g/mol. The number of hydrogen-bond acceptors (Lipinski definition) is 7. The van der Waals surface area contributed by atoms with Crippen LogP contribution in [0.1, 0.15) is 69.2 Å². The predicted molar refractivity (Wildman–Crippen MR) is 107 cm³/mol. The van der Waals surface area contributed by atoms with Crippen LogP contribution < -0.4 is 10.6 Å². The summed E-state index contributed by atoms with van der Waals surface area (Å²) in [5.74, 6) is 1.18. The fourth-order valence-corrected chi connectivity index (χ4v) is 3.91. The number of likely N-dealkylation sites (tertiary alicyclic amines) is 1. The number of carbonyl (C=O) groups excluding carboxylic acids is 2. The number of Topliss-reactive ketones (excluding diaryl/α,β-unsaturated/α-hetero) is 1. The van der Waals surface area contributed by atoms with Gasteiger partial charge in [0.2, 0.25) is 11.9 Å². The normalized spacial score (nSPS) is 23.3. The number of aliphatic hydroxyl groups excluding tert-OH is 1. The van der Waals surface area contributed by atoms with E-state index < -0.39 is 0 Å². The number of anilines is 2. The van der Waals surface area contributed by atoms with Gasteiger partial charge in [0.1, 0.15) is 5.82 Å². The molecule has 0 spiro atoms. The zero-order valence-corrected chi connectivity index (χ0v) is 16.8. The van der Waals surface area contributed by atoms with Gasteiger partial charge in [0.25, 0.3) is 0 Å². The molecule has 0 bridgehead atoms. The number of rotatable bonds is 6. The topological polar surface area (TPSA) is 107 Å². The second-order valence-electron chi connectivity index (χ2n) is 7.81. The predicted octanol–water partition coefficient (Wildman–Crippen LogP) is 2.21. The molecule has 1 aliphatic carbocycles. The van der Waals surface area contributed by atoms with Crippen LogP contribution in [0.5, 0.6) is 0 Å². The maximum Gasteiger partial charge on any atom is 0.224 e. The van der Waals surface area contributed by atoms with E-state index in [-0.39, 0.29) is 29.9 Å². The van der Waals surface area contributed by atoms with Gasteiger partial charge < -0.3 is 20.6 Å². The second kappa shape index (κ2) is 9.32. The lowest BCUT2D eigenvalue weighted by atomic mass is 9.93. The Morgan fingerprint density at radius 1 is 1.11 bits per heavy atom. The largest absolute Gasteiger partial charge is 0.393 e. The fraction of sp³-hybridized carbons (Fsp3) is 0.700. The number of aliphatic hydroxyl groups is 1. The Balaban J connectivity index is 1.65. The number of nitrogens with zero attached hydrogens (tertiary/aromatic N) is 3. The van der Waals surface area contributed by atoms with Crippen LogP contribution in [-0.2, 0) is 4.79 Å².